The van der Waals surface area contributed by atoms with E-state index < -0.39 is 11.7 Å². The summed E-state index contributed by atoms with van der Waals surface area (Å²) in [5.41, 5.74) is 2.64. The minimum Gasteiger partial charge on any atom is -0.489 e. The van der Waals surface area contributed by atoms with E-state index >= 15 is 0 Å². The maximum absolute atomic E-state index is 12.9. The second kappa shape index (κ2) is 12.2. The lowest BCUT2D eigenvalue weighted by molar-refractivity contribution is -0.137. The van der Waals surface area contributed by atoms with E-state index in [1.807, 2.05) is 32.5 Å². The molecule has 0 spiro atoms. The van der Waals surface area contributed by atoms with Crippen LogP contribution in [0, 0.1) is 13.8 Å². The van der Waals surface area contributed by atoms with Crippen molar-refractivity contribution in [1.82, 2.24) is 20.4 Å². The summed E-state index contributed by atoms with van der Waals surface area (Å²) < 4.78 is 46.3. The predicted octanol–water partition coefficient (Wildman–Crippen LogP) is 4.24. The van der Waals surface area contributed by atoms with Crippen molar-refractivity contribution in [2.24, 2.45) is 12.0 Å². The first-order chi connectivity index (χ1) is 14.2. The highest BCUT2D eigenvalue weighted by Crippen LogP contribution is 2.31. The third kappa shape index (κ3) is 7.89. The van der Waals surface area contributed by atoms with Crippen molar-refractivity contribution >= 4 is 29.9 Å². The summed E-state index contributed by atoms with van der Waals surface area (Å²) in [5, 5.41) is 10.8. The largest absolute Gasteiger partial charge is 0.489 e. The molecule has 31 heavy (non-hydrogen) atoms. The number of ether oxygens (including phenoxy) is 1. The second-order valence-corrected chi connectivity index (χ2v) is 7.08. The second-order valence-electron chi connectivity index (χ2n) is 7.08. The van der Waals surface area contributed by atoms with Crippen LogP contribution in [0.3, 0.4) is 0 Å². The Labute approximate surface area is 198 Å². The van der Waals surface area contributed by atoms with Crippen LogP contribution in [0.4, 0.5) is 13.2 Å². The van der Waals surface area contributed by atoms with Gasteiger partial charge in [-0.25, -0.2) is 0 Å². The van der Waals surface area contributed by atoms with Crippen LogP contribution in [0.15, 0.2) is 29.3 Å². The SMILES string of the molecule is CCC(CNC(=NC)NCCc1c(C)nn(C)c1C)Oc1cccc(C(F)(F)F)c1.I. The van der Waals surface area contributed by atoms with Crippen molar-refractivity contribution in [1.29, 1.82) is 0 Å². The number of aromatic nitrogens is 2. The smallest absolute Gasteiger partial charge is 0.416 e. The first kappa shape index (κ1) is 27.1. The highest BCUT2D eigenvalue weighted by atomic mass is 127. The Kier molecular flexibility index (Phi) is 10.6. The topological polar surface area (TPSA) is 63.5 Å². The number of benzene rings is 1. The van der Waals surface area contributed by atoms with Gasteiger partial charge in [-0.3, -0.25) is 9.67 Å². The summed E-state index contributed by atoms with van der Waals surface area (Å²) in [6.45, 7) is 7.05. The van der Waals surface area contributed by atoms with E-state index in [0.29, 0.717) is 25.5 Å². The number of guanidine groups is 1. The first-order valence-corrected chi connectivity index (χ1v) is 9.93. The maximum atomic E-state index is 12.9. The van der Waals surface area contributed by atoms with E-state index in [1.165, 1.54) is 17.7 Å². The van der Waals surface area contributed by atoms with E-state index in [4.69, 9.17) is 4.74 Å². The Hall–Kier alpha value is -1.98. The lowest BCUT2D eigenvalue weighted by atomic mass is 10.1. The summed E-state index contributed by atoms with van der Waals surface area (Å²) in [7, 11) is 3.60. The number of halogens is 4. The average Bonchev–Trinajstić information content (AvgIpc) is 2.94. The van der Waals surface area contributed by atoms with Gasteiger partial charge in [-0.15, -0.1) is 24.0 Å². The van der Waals surface area contributed by atoms with Gasteiger partial charge in [0.05, 0.1) is 17.8 Å². The van der Waals surface area contributed by atoms with E-state index in [1.54, 1.807) is 7.05 Å². The lowest BCUT2D eigenvalue weighted by Crippen LogP contribution is -2.43. The zero-order valence-electron chi connectivity index (χ0n) is 18.5. The van der Waals surface area contributed by atoms with Gasteiger partial charge >= 0.3 is 6.18 Å². The zero-order valence-corrected chi connectivity index (χ0v) is 20.8. The van der Waals surface area contributed by atoms with Crippen LogP contribution in [-0.2, 0) is 19.6 Å². The molecule has 1 atom stereocenters. The van der Waals surface area contributed by atoms with Gasteiger partial charge in [-0.1, -0.05) is 13.0 Å². The fraction of sp³-hybridized carbons (Fsp3) is 0.524. The summed E-state index contributed by atoms with van der Waals surface area (Å²) in [6, 6.07) is 4.93. The van der Waals surface area contributed by atoms with Crippen LogP contribution >= 0.6 is 24.0 Å². The van der Waals surface area contributed by atoms with Crippen LogP contribution in [0.2, 0.25) is 0 Å². The molecular weight excluding hydrogens is 522 g/mol. The van der Waals surface area contributed by atoms with E-state index in [2.05, 4.69) is 20.7 Å². The number of nitrogens with one attached hydrogen (secondary N) is 2. The molecular formula is C21H31F3IN5O. The Morgan fingerprint density at radius 3 is 2.52 bits per heavy atom. The molecule has 174 valence electrons. The molecule has 1 heterocycles. The van der Waals surface area contributed by atoms with Gasteiger partial charge in [-0.2, -0.15) is 18.3 Å². The number of aryl methyl sites for hydroxylation is 2. The quantitative estimate of drug-likeness (QED) is 0.292. The summed E-state index contributed by atoms with van der Waals surface area (Å²) in [4.78, 5) is 4.20. The molecule has 1 aromatic carbocycles. The lowest BCUT2D eigenvalue weighted by Gasteiger charge is -2.20. The number of hydrogen-bond donors (Lipinski definition) is 2. The first-order valence-electron chi connectivity index (χ1n) is 9.93. The van der Waals surface area contributed by atoms with Gasteiger partial charge in [0.25, 0.3) is 0 Å². The van der Waals surface area contributed by atoms with Crippen molar-refractivity contribution in [2.75, 3.05) is 20.1 Å². The molecule has 1 unspecified atom stereocenters. The van der Waals surface area contributed by atoms with Crippen LogP contribution in [-0.4, -0.2) is 42.0 Å². The van der Waals surface area contributed by atoms with Crippen LogP contribution < -0.4 is 15.4 Å². The van der Waals surface area contributed by atoms with Gasteiger partial charge in [-0.05, 0) is 50.5 Å². The molecule has 2 N–H and O–H groups in total. The van der Waals surface area contributed by atoms with Gasteiger partial charge in [0, 0.05) is 26.3 Å². The third-order valence-electron chi connectivity index (χ3n) is 4.97. The number of rotatable bonds is 8. The Morgan fingerprint density at radius 1 is 1.26 bits per heavy atom. The van der Waals surface area contributed by atoms with Gasteiger partial charge in [0.2, 0.25) is 0 Å². The number of nitrogens with zero attached hydrogens (tertiary/aromatic N) is 3. The fourth-order valence-electron chi connectivity index (χ4n) is 3.12. The molecule has 2 rings (SSSR count). The molecule has 0 aliphatic carbocycles. The molecule has 0 saturated heterocycles. The molecule has 2 aromatic rings. The normalized spacial score (nSPS) is 12.8. The number of aliphatic imine (C=N–C) groups is 1. The van der Waals surface area contributed by atoms with Crippen LogP contribution in [0.25, 0.3) is 0 Å². The highest BCUT2D eigenvalue weighted by Gasteiger charge is 2.30. The molecule has 10 heteroatoms. The molecule has 0 fully saturated rings. The molecule has 0 radical (unpaired) electrons. The van der Waals surface area contributed by atoms with E-state index in [0.717, 1.165) is 29.9 Å². The minimum absolute atomic E-state index is 0. The molecule has 0 aliphatic heterocycles. The summed E-state index contributed by atoms with van der Waals surface area (Å²) in [6.07, 6.45) is -3.25. The molecule has 0 amide bonds. The van der Waals surface area contributed by atoms with Crippen molar-refractivity contribution < 1.29 is 17.9 Å². The standard InChI is InChI=1S/C21H30F3N5O.HI/c1-6-17(30-18-9-7-8-16(12-18)21(22,23)24)13-27-20(25-4)26-11-10-19-14(2)28-29(5)15(19)3;/h7-9,12,17H,6,10-11,13H2,1-5H3,(H2,25,26,27);1H. The summed E-state index contributed by atoms with van der Waals surface area (Å²) in [5.74, 6) is 0.809. The summed E-state index contributed by atoms with van der Waals surface area (Å²) >= 11 is 0. The molecule has 0 saturated carbocycles. The average molecular weight is 553 g/mol. The third-order valence-corrected chi connectivity index (χ3v) is 4.97. The highest BCUT2D eigenvalue weighted by molar-refractivity contribution is 14.0. The Balaban J connectivity index is 0.00000480. The zero-order chi connectivity index (χ0) is 22.3. The monoisotopic (exact) mass is 553 g/mol. The van der Waals surface area contributed by atoms with Crippen LogP contribution in [0.5, 0.6) is 5.75 Å². The van der Waals surface area contributed by atoms with Crippen LogP contribution in [0.1, 0.15) is 35.9 Å². The van der Waals surface area contributed by atoms with Crippen molar-refractivity contribution in [3.8, 4) is 5.75 Å². The van der Waals surface area contributed by atoms with Crippen molar-refractivity contribution in [3.63, 3.8) is 0 Å². The van der Waals surface area contributed by atoms with Crippen molar-refractivity contribution in [2.45, 2.75) is 45.9 Å². The van der Waals surface area contributed by atoms with Gasteiger partial charge < -0.3 is 15.4 Å². The minimum atomic E-state index is -4.39. The molecule has 6 nitrogen and oxygen atoms in total. The van der Waals surface area contributed by atoms with Crippen molar-refractivity contribution in [3.05, 3.63) is 46.8 Å². The van der Waals surface area contributed by atoms with E-state index in [-0.39, 0.29) is 35.8 Å². The van der Waals surface area contributed by atoms with Gasteiger partial charge in [0.1, 0.15) is 11.9 Å². The number of hydrogen-bond acceptors (Lipinski definition) is 3. The Morgan fingerprint density at radius 2 is 1.97 bits per heavy atom. The maximum Gasteiger partial charge on any atom is 0.416 e. The molecule has 1 aromatic heterocycles. The van der Waals surface area contributed by atoms with E-state index in [9.17, 15) is 13.2 Å². The fourth-order valence-corrected chi connectivity index (χ4v) is 3.12. The Bertz CT molecular complexity index is 867. The predicted molar refractivity (Wildman–Crippen MR) is 127 cm³/mol. The molecule has 0 bridgehead atoms. The van der Waals surface area contributed by atoms with Gasteiger partial charge in [0.15, 0.2) is 5.96 Å². The number of alkyl halides is 3. The molecule has 0 aliphatic rings.